The van der Waals surface area contributed by atoms with Gasteiger partial charge < -0.3 is 5.32 Å². The van der Waals surface area contributed by atoms with E-state index in [4.69, 9.17) is 0 Å². The first-order valence-electron chi connectivity index (χ1n) is 8.43. The number of carbonyl (C=O) groups is 1. The third kappa shape index (κ3) is 7.52. The van der Waals surface area contributed by atoms with Crippen molar-refractivity contribution in [1.82, 2.24) is 20.3 Å². The first-order valence-corrected chi connectivity index (χ1v) is 8.43. The Hall–Kier alpha value is -1.46. The number of halogens is 1. The summed E-state index contributed by atoms with van der Waals surface area (Å²) in [7, 11) is 0. The largest absolute Gasteiger partial charge is 0.352 e. The van der Waals surface area contributed by atoms with E-state index >= 15 is 0 Å². The SMILES string of the molecule is CCCCC(CCCC)NC(=O)Cn1cc(CCCF)nn1. The Kier molecular flexibility index (Phi) is 9.42. The van der Waals surface area contributed by atoms with Crippen molar-refractivity contribution in [2.45, 2.75) is 77.8 Å². The minimum Gasteiger partial charge on any atom is -0.352 e. The van der Waals surface area contributed by atoms with E-state index in [2.05, 4.69) is 29.5 Å². The first kappa shape index (κ1) is 18.6. The summed E-state index contributed by atoms with van der Waals surface area (Å²) in [6.45, 7) is 4.14. The molecule has 1 heterocycles. The molecule has 0 aromatic carbocycles. The van der Waals surface area contributed by atoms with Crippen molar-refractivity contribution in [1.29, 1.82) is 0 Å². The van der Waals surface area contributed by atoms with Crippen molar-refractivity contribution >= 4 is 5.91 Å². The Morgan fingerprint density at radius 1 is 1.27 bits per heavy atom. The van der Waals surface area contributed by atoms with Gasteiger partial charge in [-0.15, -0.1) is 5.10 Å². The second-order valence-electron chi connectivity index (χ2n) is 5.75. The maximum atomic E-state index is 12.1. The van der Waals surface area contributed by atoms with Crippen molar-refractivity contribution in [2.75, 3.05) is 6.67 Å². The van der Waals surface area contributed by atoms with E-state index in [0.29, 0.717) is 12.8 Å². The molecule has 126 valence electrons. The van der Waals surface area contributed by atoms with E-state index in [-0.39, 0.29) is 25.2 Å². The minimum absolute atomic E-state index is 0.0286. The van der Waals surface area contributed by atoms with E-state index in [1.807, 2.05) is 0 Å². The summed E-state index contributed by atoms with van der Waals surface area (Å²) in [6.07, 6.45) is 9.33. The standard InChI is InChI=1S/C16H29FN4O/c1-3-5-8-14(9-6-4-2)18-16(22)13-21-12-15(19-20-21)10-7-11-17/h12,14H,3-11,13H2,1-2H3,(H,18,22). The van der Waals surface area contributed by atoms with Gasteiger partial charge in [-0.25, -0.2) is 4.68 Å². The number of aromatic nitrogens is 3. The molecule has 0 radical (unpaired) electrons. The molecule has 1 amide bonds. The van der Waals surface area contributed by atoms with Crippen LogP contribution in [0.4, 0.5) is 4.39 Å². The minimum atomic E-state index is -0.357. The number of nitrogens with one attached hydrogen (secondary N) is 1. The van der Waals surface area contributed by atoms with Gasteiger partial charge in [0, 0.05) is 12.2 Å². The molecule has 0 fully saturated rings. The van der Waals surface area contributed by atoms with E-state index in [0.717, 1.165) is 44.2 Å². The molecular formula is C16H29FN4O. The van der Waals surface area contributed by atoms with Crippen LogP contribution < -0.4 is 5.32 Å². The summed E-state index contributed by atoms with van der Waals surface area (Å²) >= 11 is 0. The summed E-state index contributed by atoms with van der Waals surface area (Å²) in [4.78, 5) is 12.1. The zero-order chi connectivity index (χ0) is 16.2. The number of nitrogens with zero attached hydrogens (tertiary/aromatic N) is 3. The van der Waals surface area contributed by atoms with Gasteiger partial charge in [0.15, 0.2) is 0 Å². The van der Waals surface area contributed by atoms with Gasteiger partial charge in [0.05, 0.1) is 12.4 Å². The highest BCUT2D eigenvalue weighted by molar-refractivity contribution is 5.75. The number of carbonyl (C=O) groups excluding carboxylic acids is 1. The highest BCUT2D eigenvalue weighted by Crippen LogP contribution is 2.09. The van der Waals surface area contributed by atoms with Gasteiger partial charge in [-0.2, -0.15) is 0 Å². The number of hydrogen-bond donors (Lipinski definition) is 1. The summed E-state index contributed by atoms with van der Waals surface area (Å²) in [6, 6.07) is 0.252. The number of amides is 1. The van der Waals surface area contributed by atoms with Gasteiger partial charge in [0.1, 0.15) is 6.54 Å². The normalized spacial score (nSPS) is 11.1. The zero-order valence-corrected chi connectivity index (χ0v) is 13.9. The van der Waals surface area contributed by atoms with Crippen molar-refractivity contribution < 1.29 is 9.18 Å². The molecule has 0 aliphatic carbocycles. The lowest BCUT2D eigenvalue weighted by atomic mass is 10.0. The van der Waals surface area contributed by atoms with Crippen LogP contribution >= 0.6 is 0 Å². The third-order valence-electron chi connectivity index (χ3n) is 3.64. The van der Waals surface area contributed by atoms with Crippen molar-refractivity contribution in [2.24, 2.45) is 0 Å². The average molecular weight is 312 g/mol. The number of hydrogen-bond acceptors (Lipinski definition) is 3. The Morgan fingerprint density at radius 3 is 2.55 bits per heavy atom. The highest BCUT2D eigenvalue weighted by atomic mass is 19.1. The monoisotopic (exact) mass is 312 g/mol. The predicted octanol–water partition coefficient (Wildman–Crippen LogP) is 3.05. The molecule has 1 N–H and O–H groups in total. The Labute approximate surface area is 132 Å². The third-order valence-corrected chi connectivity index (χ3v) is 3.64. The second-order valence-corrected chi connectivity index (χ2v) is 5.75. The molecule has 0 aliphatic heterocycles. The van der Waals surface area contributed by atoms with Crippen LogP contribution in [0.25, 0.3) is 0 Å². The van der Waals surface area contributed by atoms with Gasteiger partial charge in [-0.1, -0.05) is 44.7 Å². The van der Waals surface area contributed by atoms with Crippen LogP contribution in [-0.2, 0) is 17.8 Å². The van der Waals surface area contributed by atoms with Crippen molar-refractivity contribution in [3.8, 4) is 0 Å². The lowest BCUT2D eigenvalue weighted by Crippen LogP contribution is -2.37. The molecule has 0 unspecified atom stereocenters. The zero-order valence-electron chi connectivity index (χ0n) is 13.9. The fraction of sp³-hybridized carbons (Fsp3) is 0.812. The lowest BCUT2D eigenvalue weighted by molar-refractivity contribution is -0.122. The van der Waals surface area contributed by atoms with Crippen LogP contribution in [-0.4, -0.2) is 33.6 Å². The molecule has 0 atom stereocenters. The van der Waals surface area contributed by atoms with Gasteiger partial charge in [0.25, 0.3) is 0 Å². The average Bonchev–Trinajstić information content (AvgIpc) is 2.95. The smallest absolute Gasteiger partial charge is 0.242 e. The fourth-order valence-electron chi connectivity index (χ4n) is 2.39. The lowest BCUT2D eigenvalue weighted by Gasteiger charge is -2.18. The molecule has 1 aromatic heterocycles. The molecule has 6 heteroatoms. The maximum Gasteiger partial charge on any atom is 0.242 e. The molecule has 0 saturated heterocycles. The maximum absolute atomic E-state index is 12.1. The molecule has 1 rings (SSSR count). The molecule has 22 heavy (non-hydrogen) atoms. The molecular weight excluding hydrogens is 283 g/mol. The van der Waals surface area contributed by atoms with Crippen LogP contribution in [0.1, 0.15) is 64.5 Å². The number of alkyl halides is 1. The van der Waals surface area contributed by atoms with Crippen LogP contribution in [0.2, 0.25) is 0 Å². The van der Waals surface area contributed by atoms with E-state index in [1.165, 1.54) is 4.68 Å². The Bertz CT molecular complexity index is 414. The van der Waals surface area contributed by atoms with Gasteiger partial charge in [-0.3, -0.25) is 9.18 Å². The molecule has 0 bridgehead atoms. The van der Waals surface area contributed by atoms with Gasteiger partial charge in [0.2, 0.25) is 5.91 Å². The summed E-state index contributed by atoms with van der Waals surface area (Å²) in [5.41, 5.74) is 0.735. The fourth-order valence-corrected chi connectivity index (χ4v) is 2.39. The molecule has 5 nitrogen and oxygen atoms in total. The van der Waals surface area contributed by atoms with Crippen LogP contribution in [0.5, 0.6) is 0 Å². The van der Waals surface area contributed by atoms with Crippen LogP contribution in [0.3, 0.4) is 0 Å². The van der Waals surface area contributed by atoms with Crippen molar-refractivity contribution in [3.63, 3.8) is 0 Å². The van der Waals surface area contributed by atoms with Crippen LogP contribution in [0.15, 0.2) is 6.20 Å². The summed E-state index contributed by atoms with van der Waals surface area (Å²) < 4.78 is 13.7. The van der Waals surface area contributed by atoms with Crippen LogP contribution in [0, 0.1) is 0 Å². The summed E-state index contributed by atoms with van der Waals surface area (Å²) in [5.74, 6) is -0.0286. The van der Waals surface area contributed by atoms with E-state index in [9.17, 15) is 9.18 Å². The highest BCUT2D eigenvalue weighted by Gasteiger charge is 2.12. The number of rotatable bonds is 12. The summed E-state index contributed by atoms with van der Waals surface area (Å²) in [5, 5.41) is 11.0. The Morgan fingerprint density at radius 2 is 1.95 bits per heavy atom. The first-order chi connectivity index (χ1) is 10.7. The second kappa shape index (κ2) is 11.2. The molecule has 1 aromatic rings. The molecule has 0 saturated carbocycles. The number of aryl methyl sites for hydroxylation is 1. The number of unbranched alkanes of at least 4 members (excludes halogenated alkanes) is 2. The van der Waals surface area contributed by atoms with E-state index in [1.54, 1.807) is 6.20 Å². The Balaban J connectivity index is 2.42. The predicted molar refractivity (Wildman–Crippen MR) is 85.3 cm³/mol. The van der Waals surface area contributed by atoms with E-state index < -0.39 is 0 Å². The van der Waals surface area contributed by atoms with Crippen molar-refractivity contribution in [3.05, 3.63) is 11.9 Å². The van der Waals surface area contributed by atoms with Gasteiger partial charge >= 0.3 is 0 Å². The van der Waals surface area contributed by atoms with Gasteiger partial charge in [-0.05, 0) is 25.7 Å². The quantitative estimate of drug-likeness (QED) is 0.645. The molecule has 0 spiro atoms. The topological polar surface area (TPSA) is 59.8 Å². The molecule has 0 aliphatic rings.